The second-order valence-electron chi connectivity index (χ2n) is 3.32. The summed E-state index contributed by atoms with van der Waals surface area (Å²) in [7, 11) is 0. The molecule has 1 nitrogen and oxygen atoms in total. The second-order valence-corrected chi connectivity index (χ2v) is 4.14. The molecule has 0 aliphatic carbocycles. The molecule has 1 aromatic carbocycles. The monoisotopic (exact) mass is 310 g/mol. The van der Waals surface area contributed by atoms with E-state index in [-0.39, 0.29) is 29.0 Å². The average molecular weight is 312 g/mol. The molecule has 5 heteroatoms. The summed E-state index contributed by atoms with van der Waals surface area (Å²) in [6, 6.07) is 4.45. The zero-order valence-corrected chi connectivity index (χ0v) is 10.7. The number of benzene rings is 1. The molecule has 0 saturated carbocycles. The van der Waals surface area contributed by atoms with E-state index in [4.69, 9.17) is 11.6 Å². The third kappa shape index (κ3) is 3.52. The predicted molar refractivity (Wildman–Crippen MR) is 63.5 cm³/mol. The molecular weight excluding hydrogens is 301 g/mol. The van der Waals surface area contributed by atoms with Gasteiger partial charge in [-0.05, 0) is 11.1 Å². The van der Waals surface area contributed by atoms with Crippen molar-refractivity contribution in [1.82, 2.24) is 0 Å². The van der Waals surface area contributed by atoms with Crippen molar-refractivity contribution in [1.29, 1.82) is 0 Å². The third-order valence-corrected chi connectivity index (χ3v) is 3.07. The molecule has 0 atom stereocenters. The van der Waals surface area contributed by atoms with Crippen LogP contribution in [0.3, 0.4) is 0 Å². The second kappa shape index (κ2) is 6.30. The van der Waals surface area contributed by atoms with Crippen LogP contribution in [0.4, 0.5) is 8.78 Å². The van der Waals surface area contributed by atoms with Crippen LogP contribution in [0.5, 0.6) is 0 Å². The molecule has 1 aromatic rings. The molecule has 0 unspecified atom stereocenters. The molecule has 0 aliphatic heterocycles. The summed E-state index contributed by atoms with van der Waals surface area (Å²) < 4.78 is 25.3. The fourth-order valence-electron chi connectivity index (χ4n) is 1.37. The van der Waals surface area contributed by atoms with Crippen molar-refractivity contribution in [2.75, 3.05) is 5.33 Å². The maximum Gasteiger partial charge on any atom is 0.264 e. The van der Waals surface area contributed by atoms with Gasteiger partial charge in [-0.15, -0.1) is 11.6 Å². The van der Waals surface area contributed by atoms with E-state index < -0.39 is 6.43 Å². The van der Waals surface area contributed by atoms with Crippen LogP contribution >= 0.6 is 27.5 Å². The van der Waals surface area contributed by atoms with E-state index in [1.807, 2.05) is 0 Å². The fraction of sp³-hybridized carbons (Fsp3) is 0.364. The highest BCUT2D eigenvalue weighted by Gasteiger charge is 2.15. The predicted octanol–water partition coefficient (Wildman–Crippen LogP) is 3.87. The van der Waals surface area contributed by atoms with Crippen molar-refractivity contribution in [3.05, 3.63) is 34.9 Å². The largest absolute Gasteiger partial charge is 0.298 e. The van der Waals surface area contributed by atoms with Crippen molar-refractivity contribution >= 4 is 33.3 Å². The summed E-state index contributed by atoms with van der Waals surface area (Å²) in [6.45, 7) is 0. The highest BCUT2D eigenvalue weighted by atomic mass is 79.9. The lowest BCUT2D eigenvalue weighted by atomic mass is 10.0. The Labute approximate surface area is 106 Å². The Morgan fingerprint density at radius 2 is 2.12 bits per heavy atom. The number of hydrogen-bond donors (Lipinski definition) is 0. The number of rotatable bonds is 5. The minimum Gasteiger partial charge on any atom is -0.298 e. The lowest BCUT2D eigenvalue weighted by Gasteiger charge is -2.09. The van der Waals surface area contributed by atoms with Crippen molar-refractivity contribution < 1.29 is 13.6 Å². The molecule has 0 spiro atoms. The van der Waals surface area contributed by atoms with Gasteiger partial charge >= 0.3 is 0 Å². The van der Waals surface area contributed by atoms with Crippen LogP contribution in [-0.2, 0) is 17.1 Å². The van der Waals surface area contributed by atoms with Crippen LogP contribution in [-0.4, -0.2) is 11.1 Å². The molecule has 0 radical (unpaired) electrons. The Bertz CT molecular complexity index is 382. The van der Waals surface area contributed by atoms with Gasteiger partial charge in [-0.2, -0.15) is 0 Å². The number of halogens is 4. The molecule has 0 heterocycles. The summed E-state index contributed by atoms with van der Waals surface area (Å²) in [5.41, 5.74) is 1.00. The Morgan fingerprint density at radius 3 is 2.62 bits per heavy atom. The number of alkyl halides is 4. The van der Waals surface area contributed by atoms with Crippen molar-refractivity contribution in [3.8, 4) is 0 Å². The van der Waals surface area contributed by atoms with Gasteiger partial charge in [0.2, 0.25) is 0 Å². The minimum atomic E-state index is -2.57. The van der Waals surface area contributed by atoms with Gasteiger partial charge in [0.15, 0.2) is 0 Å². The SMILES string of the molecule is O=C(CBr)Cc1cc(CCl)ccc1C(F)F. The Kier molecular flexibility index (Phi) is 5.35. The van der Waals surface area contributed by atoms with Crippen LogP contribution in [0.2, 0.25) is 0 Å². The summed E-state index contributed by atoms with van der Waals surface area (Å²) in [5, 5.41) is 0.167. The minimum absolute atomic E-state index is 0.00958. The standard InChI is InChI=1S/C11H10BrClF2O/c12-5-9(16)4-8-3-7(6-13)1-2-10(8)11(14)15/h1-3,11H,4-6H2. The lowest BCUT2D eigenvalue weighted by molar-refractivity contribution is -0.115. The first-order valence-electron chi connectivity index (χ1n) is 4.62. The van der Waals surface area contributed by atoms with Gasteiger partial charge in [0.1, 0.15) is 5.78 Å². The first kappa shape index (κ1) is 13.6. The molecule has 0 bridgehead atoms. The maximum atomic E-state index is 12.7. The molecule has 0 aliphatic rings. The van der Waals surface area contributed by atoms with Crippen molar-refractivity contribution in [2.24, 2.45) is 0 Å². The molecule has 88 valence electrons. The topological polar surface area (TPSA) is 17.1 Å². The smallest absolute Gasteiger partial charge is 0.264 e. The molecule has 0 fully saturated rings. The zero-order valence-electron chi connectivity index (χ0n) is 8.35. The number of ketones is 1. The van der Waals surface area contributed by atoms with Crippen LogP contribution in [0.25, 0.3) is 0 Å². The number of carbonyl (C=O) groups is 1. The van der Waals surface area contributed by atoms with Gasteiger partial charge in [0, 0.05) is 17.9 Å². The lowest BCUT2D eigenvalue weighted by Crippen LogP contribution is -2.07. The summed E-state index contributed by atoms with van der Waals surface area (Å²) >= 11 is 8.63. The van der Waals surface area contributed by atoms with E-state index >= 15 is 0 Å². The van der Waals surface area contributed by atoms with Crippen molar-refractivity contribution in [3.63, 3.8) is 0 Å². The Balaban J connectivity index is 3.05. The van der Waals surface area contributed by atoms with E-state index in [0.29, 0.717) is 5.56 Å². The molecular formula is C11H10BrClF2O. The van der Waals surface area contributed by atoms with Gasteiger partial charge in [-0.1, -0.05) is 34.1 Å². The zero-order chi connectivity index (χ0) is 12.1. The highest BCUT2D eigenvalue weighted by molar-refractivity contribution is 9.09. The number of hydrogen-bond acceptors (Lipinski definition) is 1. The van der Waals surface area contributed by atoms with E-state index in [1.54, 1.807) is 12.1 Å². The summed E-state index contributed by atoms with van der Waals surface area (Å²) in [4.78, 5) is 11.2. The Hall–Kier alpha value is -0.480. The van der Waals surface area contributed by atoms with Crippen LogP contribution < -0.4 is 0 Å². The molecule has 16 heavy (non-hydrogen) atoms. The third-order valence-electron chi connectivity index (χ3n) is 2.13. The summed E-state index contributed by atoms with van der Waals surface area (Å²) in [5.74, 6) is 0.118. The normalized spacial score (nSPS) is 10.8. The van der Waals surface area contributed by atoms with E-state index in [2.05, 4.69) is 15.9 Å². The highest BCUT2D eigenvalue weighted by Crippen LogP contribution is 2.25. The average Bonchev–Trinajstić information content (AvgIpc) is 2.28. The van der Waals surface area contributed by atoms with Crippen LogP contribution in [0.1, 0.15) is 23.1 Å². The quantitative estimate of drug-likeness (QED) is 0.755. The first-order chi connectivity index (χ1) is 7.58. The van der Waals surface area contributed by atoms with Crippen LogP contribution in [0, 0.1) is 0 Å². The van der Waals surface area contributed by atoms with Gasteiger partial charge in [-0.3, -0.25) is 4.79 Å². The number of carbonyl (C=O) groups excluding carboxylic acids is 1. The van der Waals surface area contributed by atoms with Gasteiger partial charge in [0.25, 0.3) is 6.43 Å². The first-order valence-corrected chi connectivity index (χ1v) is 6.27. The van der Waals surface area contributed by atoms with E-state index in [1.165, 1.54) is 6.07 Å². The maximum absolute atomic E-state index is 12.7. The van der Waals surface area contributed by atoms with Gasteiger partial charge < -0.3 is 0 Å². The molecule has 0 aromatic heterocycles. The molecule has 0 amide bonds. The van der Waals surface area contributed by atoms with Crippen molar-refractivity contribution in [2.45, 2.75) is 18.7 Å². The van der Waals surface area contributed by atoms with Gasteiger partial charge in [-0.25, -0.2) is 8.78 Å². The van der Waals surface area contributed by atoms with E-state index in [9.17, 15) is 13.6 Å². The Morgan fingerprint density at radius 1 is 1.44 bits per heavy atom. The van der Waals surface area contributed by atoms with Crippen LogP contribution in [0.15, 0.2) is 18.2 Å². The number of Topliss-reactive ketones (excluding diaryl/α,β-unsaturated/α-hetero) is 1. The summed E-state index contributed by atoms with van der Waals surface area (Å²) in [6.07, 6.45) is -2.56. The fourth-order valence-corrected chi connectivity index (χ4v) is 1.73. The molecule has 1 rings (SSSR count). The molecule has 0 saturated heterocycles. The molecule has 0 N–H and O–H groups in total. The van der Waals surface area contributed by atoms with E-state index in [0.717, 1.165) is 5.56 Å². The van der Waals surface area contributed by atoms with Gasteiger partial charge in [0.05, 0.1) is 5.33 Å².